The van der Waals surface area contributed by atoms with E-state index >= 15 is 0 Å². The molecule has 1 aliphatic rings. The summed E-state index contributed by atoms with van der Waals surface area (Å²) in [5.74, 6) is 1.24. The summed E-state index contributed by atoms with van der Waals surface area (Å²) in [6.45, 7) is 3.51. The van der Waals surface area contributed by atoms with Gasteiger partial charge in [0.15, 0.2) is 0 Å². The predicted octanol–water partition coefficient (Wildman–Crippen LogP) is 3.94. The van der Waals surface area contributed by atoms with Crippen LogP contribution in [0.2, 0.25) is 0 Å². The highest BCUT2D eigenvalue weighted by molar-refractivity contribution is 5.79. The van der Waals surface area contributed by atoms with Crippen LogP contribution < -0.4 is 0 Å². The number of hydrogen-bond donors (Lipinski definition) is 1. The Kier molecular flexibility index (Phi) is 5.01. The highest BCUT2D eigenvalue weighted by Crippen LogP contribution is 2.31. The van der Waals surface area contributed by atoms with Crippen LogP contribution in [-0.2, 0) is 17.8 Å². The van der Waals surface area contributed by atoms with Gasteiger partial charge in [0, 0.05) is 49.1 Å². The molecule has 1 N–H and O–H groups in total. The smallest absolute Gasteiger partial charge is 0.223 e. The summed E-state index contributed by atoms with van der Waals surface area (Å²) in [6.07, 6.45) is 6.06. The molecule has 5 heteroatoms. The molecule has 138 valence electrons. The Bertz CT molecular complexity index is 905. The molecule has 0 unspecified atom stereocenters. The van der Waals surface area contributed by atoms with Crippen LogP contribution in [-0.4, -0.2) is 32.3 Å². The van der Waals surface area contributed by atoms with E-state index < -0.39 is 0 Å². The molecular weight excluding hydrogens is 336 g/mol. The van der Waals surface area contributed by atoms with Gasteiger partial charge >= 0.3 is 0 Å². The summed E-state index contributed by atoms with van der Waals surface area (Å²) >= 11 is 0. The van der Waals surface area contributed by atoms with Crippen molar-refractivity contribution in [3.05, 3.63) is 71.9 Å². The molecule has 0 aliphatic carbocycles. The molecular formula is C22H24N4O. The van der Waals surface area contributed by atoms with Gasteiger partial charge in [0.2, 0.25) is 5.91 Å². The first kappa shape index (κ1) is 17.5. The number of carbonyl (C=O) groups is 1. The quantitative estimate of drug-likeness (QED) is 0.724. The molecule has 0 bridgehead atoms. The first-order valence-electron chi connectivity index (χ1n) is 9.55. The lowest BCUT2D eigenvalue weighted by Gasteiger charge is -2.16. The minimum absolute atomic E-state index is 0.118. The van der Waals surface area contributed by atoms with E-state index in [2.05, 4.69) is 29.0 Å². The maximum absolute atomic E-state index is 12.5. The third-order valence-corrected chi connectivity index (χ3v) is 5.07. The molecule has 5 nitrogen and oxygen atoms in total. The predicted molar refractivity (Wildman–Crippen MR) is 105 cm³/mol. The summed E-state index contributed by atoms with van der Waals surface area (Å²) < 4.78 is 0. The summed E-state index contributed by atoms with van der Waals surface area (Å²) in [4.78, 5) is 26.9. The first-order chi connectivity index (χ1) is 13.2. The van der Waals surface area contributed by atoms with Gasteiger partial charge in [-0.15, -0.1) is 0 Å². The number of amides is 1. The molecule has 1 amide bonds. The Morgan fingerprint density at radius 2 is 1.93 bits per heavy atom. The van der Waals surface area contributed by atoms with Crippen LogP contribution in [0, 0.1) is 0 Å². The standard InChI is InChI=1S/C22H24N4O/c1-2-6-19-21(17-7-4-3-5-8-17)25-22(24-19)18-13-20(27)26(15-18)14-16-9-11-23-12-10-16/h3-5,7-12,18H,2,6,13-15H2,1H3,(H,24,25)/t18-/m0/s1. The number of nitrogens with zero attached hydrogens (tertiary/aromatic N) is 3. The van der Waals surface area contributed by atoms with Crippen LogP contribution in [0.15, 0.2) is 54.9 Å². The maximum atomic E-state index is 12.5. The fourth-order valence-corrected chi connectivity index (χ4v) is 3.71. The van der Waals surface area contributed by atoms with Gasteiger partial charge in [-0.1, -0.05) is 43.7 Å². The van der Waals surface area contributed by atoms with E-state index in [0.29, 0.717) is 19.5 Å². The Morgan fingerprint density at radius 3 is 2.67 bits per heavy atom. The Balaban J connectivity index is 1.56. The average Bonchev–Trinajstić information content (AvgIpc) is 3.28. The summed E-state index contributed by atoms with van der Waals surface area (Å²) in [5, 5.41) is 0. The molecule has 1 aromatic carbocycles. The SMILES string of the molecule is CCCc1[nH]c([C@H]2CC(=O)N(Cc3ccncc3)C2)nc1-c1ccccc1. The van der Waals surface area contributed by atoms with Gasteiger partial charge in [-0.3, -0.25) is 9.78 Å². The van der Waals surface area contributed by atoms with Gasteiger partial charge in [-0.25, -0.2) is 4.98 Å². The van der Waals surface area contributed by atoms with Crippen molar-refractivity contribution < 1.29 is 4.79 Å². The fourth-order valence-electron chi connectivity index (χ4n) is 3.71. The molecule has 0 spiro atoms. The summed E-state index contributed by atoms with van der Waals surface area (Å²) in [6, 6.07) is 14.2. The number of aryl methyl sites for hydroxylation is 1. The Labute approximate surface area is 159 Å². The highest BCUT2D eigenvalue weighted by atomic mass is 16.2. The van der Waals surface area contributed by atoms with Crippen LogP contribution in [0.4, 0.5) is 0 Å². The lowest BCUT2D eigenvalue weighted by molar-refractivity contribution is -0.128. The van der Waals surface area contributed by atoms with Crippen molar-refractivity contribution in [2.45, 2.75) is 38.6 Å². The van der Waals surface area contributed by atoms with Crippen LogP contribution in [0.3, 0.4) is 0 Å². The number of pyridine rings is 1. The number of aromatic amines is 1. The lowest BCUT2D eigenvalue weighted by atomic mass is 10.1. The third kappa shape index (κ3) is 3.77. The van der Waals surface area contributed by atoms with Gasteiger partial charge in [0.05, 0.1) is 5.69 Å². The normalized spacial score (nSPS) is 16.9. The highest BCUT2D eigenvalue weighted by Gasteiger charge is 2.33. The number of likely N-dealkylation sites (tertiary alicyclic amines) is 1. The number of benzene rings is 1. The number of rotatable bonds is 6. The molecule has 1 aliphatic heterocycles. The second kappa shape index (κ2) is 7.74. The largest absolute Gasteiger partial charge is 0.345 e. The minimum atomic E-state index is 0.118. The number of H-pyrrole nitrogens is 1. The van der Waals surface area contributed by atoms with E-state index in [9.17, 15) is 4.79 Å². The van der Waals surface area contributed by atoms with Crippen LogP contribution in [0.5, 0.6) is 0 Å². The van der Waals surface area contributed by atoms with Crippen molar-refractivity contribution >= 4 is 5.91 Å². The minimum Gasteiger partial charge on any atom is -0.345 e. The lowest BCUT2D eigenvalue weighted by Crippen LogP contribution is -2.24. The van der Waals surface area contributed by atoms with Crippen LogP contribution >= 0.6 is 0 Å². The molecule has 27 heavy (non-hydrogen) atoms. The van der Waals surface area contributed by atoms with E-state index in [1.54, 1.807) is 12.4 Å². The second-order valence-corrected chi connectivity index (χ2v) is 7.10. The second-order valence-electron chi connectivity index (χ2n) is 7.10. The molecule has 3 heterocycles. The zero-order valence-corrected chi connectivity index (χ0v) is 15.6. The molecule has 1 saturated heterocycles. The van der Waals surface area contributed by atoms with Crippen molar-refractivity contribution in [2.75, 3.05) is 6.54 Å². The zero-order valence-electron chi connectivity index (χ0n) is 15.6. The fraction of sp³-hybridized carbons (Fsp3) is 0.318. The van der Waals surface area contributed by atoms with Crippen molar-refractivity contribution in [1.82, 2.24) is 19.9 Å². The summed E-state index contributed by atoms with van der Waals surface area (Å²) in [7, 11) is 0. The van der Waals surface area contributed by atoms with E-state index in [0.717, 1.165) is 35.5 Å². The number of nitrogens with one attached hydrogen (secondary N) is 1. The first-order valence-corrected chi connectivity index (χ1v) is 9.55. The van der Waals surface area contributed by atoms with Gasteiger partial charge in [0.25, 0.3) is 0 Å². The number of aromatic nitrogens is 3. The Hall–Kier alpha value is -2.95. The van der Waals surface area contributed by atoms with E-state index in [-0.39, 0.29) is 11.8 Å². The van der Waals surface area contributed by atoms with Gasteiger partial charge < -0.3 is 9.88 Å². The van der Waals surface area contributed by atoms with Crippen molar-refractivity contribution in [3.8, 4) is 11.3 Å². The molecule has 1 atom stereocenters. The third-order valence-electron chi connectivity index (χ3n) is 5.07. The van der Waals surface area contributed by atoms with Gasteiger partial charge in [-0.05, 0) is 24.1 Å². The summed E-state index contributed by atoms with van der Waals surface area (Å²) in [5.41, 5.74) is 4.42. The van der Waals surface area contributed by atoms with Crippen molar-refractivity contribution in [1.29, 1.82) is 0 Å². The molecule has 0 radical (unpaired) electrons. The van der Waals surface area contributed by atoms with Gasteiger partial charge in [-0.2, -0.15) is 0 Å². The monoisotopic (exact) mass is 360 g/mol. The van der Waals surface area contributed by atoms with Crippen LogP contribution in [0.1, 0.15) is 42.8 Å². The topological polar surface area (TPSA) is 61.9 Å². The van der Waals surface area contributed by atoms with E-state index in [1.165, 1.54) is 5.69 Å². The maximum Gasteiger partial charge on any atom is 0.223 e. The number of carbonyl (C=O) groups excluding carboxylic acids is 1. The van der Waals surface area contributed by atoms with E-state index in [1.807, 2.05) is 35.2 Å². The molecule has 4 rings (SSSR count). The molecule has 3 aromatic rings. The van der Waals surface area contributed by atoms with Crippen LogP contribution in [0.25, 0.3) is 11.3 Å². The van der Waals surface area contributed by atoms with Gasteiger partial charge in [0.1, 0.15) is 5.82 Å². The Morgan fingerprint density at radius 1 is 1.15 bits per heavy atom. The molecule has 2 aromatic heterocycles. The number of imidazole rings is 1. The van der Waals surface area contributed by atoms with E-state index in [4.69, 9.17) is 4.98 Å². The zero-order chi connectivity index (χ0) is 18.6. The molecule has 1 fully saturated rings. The molecule has 0 saturated carbocycles. The van der Waals surface area contributed by atoms with Crippen molar-refractivity contribution in [2.24, 2.45) is 0 Å². The van der Waals surface area contributed by atoms with Crippen molar-refractivity contribution in [3.63, 3.8) is 0 Å². The number of hydrogen-bond acceptors (Lipinski definition) is 3. The average molecular weight is 360 g/mol.